The van der Waals surface area contributed by atoms with Crippen molar-refractivity contribution in [1.29, 1.82) is 0 Å². The summed E-state index contributed by atoms with van der Waals surface area (Å²) in [4.78, 5) is 25.2. The number of thiocarbonyl (C=S) groups is 1. The van der Waals surface area contributed by atoms with Crippen LogP contribution >= 0.6 is 24.0 Å². The van der Waals surface area contributed by atoms with Crippen molar-refractivity contribution in [3.05, 3.63) is 64.6 Å². The molecule has 0 atom stereocenters. The second kappa shape index (κ2) is 12.2. The number of nitrogens with zero attached hydrogens (tertiary/aromatic N) is 1. The summed E-state index contributed by atoms with van der Waals surface area (Å²) in [5.74, 6) is 0.500. The van der Waals surface area contributed by atoms with E-state index < -0.39 is 18.4 Å². The smallest absolute Gasteiger partial charge is 0.323 e. The van der Waals surface area contributed by atoms with Crippen molar-refractivity contribution in [1.82, 2.24) is 4.90 Å². The quantitative estimate of drug-likeness (QED) is 0.314. The third-order valence-corrected chi connectivity index (χ3v) is 7.56. The maximum absolute atomic E-state index is 12.6. The van der Waals surface area contributed by atoms with Crippen molar-refractivity contribution >= 4 is 46.3 Å². The van der Waals surface area contributed by atoms with Gasteiger partial charge in [0.1, 0.15) is 17.5 Å². The summed E-state index contributed by atoms with van der Waals surface area (Å²) in [5.41, 5.74) is 1.80. The van der Waals surface area contributed by atoms with Crippen molar-refractivity contribution in [3.63, 3.8) is 0 Å². The molecule has 0 radical (unpaired) electrons. The number of hydrogen-bond donors (Lipinski definition) is 1. The molecule has 0 spiro atoms. The van der Waals surface area contributed by atoms with E-state index in [0.29, 0.717) is 29.6 Å². The molecule has 1 saturated heterocycles. The number of rotatable bonds is 10. The predicted molar refractivity (Wildman–Crippen MR) is 141 cm³/mol. The standard InChI is InChI=1S/C27H29NO5S2/c29-25(30)17-28-26(31)24(35-27(28)34)16-21-11-12-22(32-14-13-19-7-3-1-4-8-19)23(15-21)33-18-20-9-5-2-6-10-20/h2,5-6,9-12,15-16,19H,1,3-4,7-8,13-14,17-18H2,(H,29,30)/b24-16-. The fourth-order valence-electron chi connectivity index (χ4n) is 4.32. The molecule has 0 bridgehead atoms. The van der Waals surface area contributed by atoms with Crippen LogP contribution in [0.1, 0.15) is 49.7 Å². The van der Waals surface area contributed by atoms with Crippen LogP contribution in [0.3, 0.4) is 0 Å². The van der Waals surface area contributed by atoms with E-state index in [-0.39, 0.29) is 4.32 Å². The molecule has 0 aromatic heterocycles. The first kappa shape index (κ1) is 25.3. The number of carbonyl (C=O) groups excluding carboxylic acids is 1. The minimum Gasteiger partial charge on any atom is -0.490 e. The zero-order valence-corrected chi connectivity index (χ0v) is 21.1. The molecule has 6 nitrogen and oxygen atoms in total. The monoisotopic (exact) mass is 511 g/mol. The SMILES string of the molecule is O=C(O)CN1C(=O)/C(=C/c2ccc(OCCC3CCCCC3)c(OCc3ccccc3)c2)SC1=S. The summed E-state index contributed by atoms with van der Waals surface area (Å²) >= 11 is 6.29. The van der Waals surface area contributed by atoms with Gasteiger partial charge >= 0.3 is 5.97 Å². The van der Waals surface area contributed by atoms with E-state index >= 15 is 0 Å². The van der Waals surface area contributed by atoms with Crippen LogP contribution in [-0.4, -0.2) is 39.4 Å². The zero-order valence-electron chi connectivity index (χ0n) is 19.5. The normalized spacial score (nSPS) is 17.7. The maximum Gasteiger partial charge on any atom is 0.323 e. The van der Waals surface area contributed by atoms with E-state index in [9.17, 15) is 9.59 Å². The Kier molecular flexibility index (Phi) is 8.82. The van der Waals surface area contributed by atoms with Crippen LogP contribution in [0.4, 0.5) is 0 Å². The minimum atomic E-state index is -1.10. The van der Waals surface area contributed by atoms with Gasteiger partial charge in [0.15, 0.2) is 11.5 Å². The molecule has 184 valence electrons. The lowest BCUT2D eigenvalue weighted by Gasteiger charge is -2.21. The number of hydrogen-bond acceptors (Lipinski definition) is 6. The zero-order chi connectivity index (χ0) is 24.6. The molecule has 1 saturated carbocycles. The number of carboxylic acids is 1. The number of carbonyl (C=O) groups is 2. The number of thioether (sulfide) groups is 1. The summed E-state index contributed by atoms with van der Waals surface area (Å²) in [7, 11) is 0. The molecule has 1 heterocycles. The van der Waals surface area contributed by atoms with Gasteiger partial charge in [0.2, 0.25) is 0 Å². The van der Waals surface area contributed by atoms with Crippen molar-refractivity contribution < 1.29 is 24.2 Å². The van der Waals surface area contributed by atoms with Crippen molar-refractivity contribution in [2.75, 3.05) is 13.2 Å². The topological polar surface area (TPSA) is 76.1 Å². The predicted octanol–water partition coefficient (Wildman–Crippen LogP) is 5.90. The van der Waals surface area contributed by atoms with Gasteiger partial charge in [-0.15, -0.1) is 0 Å². The number of aliphatic carboxylic acids is 1. The first-order valence-electron chi connectivity index (χ1n) is 11.9. The van der Waals surface area contributed by atoms with Gasteiger partial charge in [-0.1, -0.05) is 92.5 Å². The van der Waals surface area contributed by atoms with Crippen molar-refractivity contribution in [2.45, 2.75) is 45.1 Å². The van der Waals surface area contributed by atoms with Crippen LogP contribution in [0.5, 0.6) is 11.5 Å². The Morgan fingerprint density at radius 3 is 2.60 bits per heavy atom. The highest BCUT2D eigenvalue weighted by Gasteiger charge is 2.33. The molecule has 1 N–H and O–H groups in total. The highest BCUT2D eigenvalue weighted by atomic mass is 32.2. The fourth-order valence-corrected chi connectivity index (χ4v) is 5.57. The largest absolute Gasteiger partial charge is 0.490 e. The first-order valence-corrected chi connectivity index (χ1v) is 13.1. The molecule has 8 heteroatoms. The highest BCUT2D eigenvalue weighted by molar-refractivity contribution is 8.26. The van der Waals surface area contributed by atoms with Crippen LogP contribution in [0, 0.1) is 5.92 Å². The fraction of sp³-hybridized carbons (Fsp3) is 0.370. The molecule has 1 amide bonds. The lowest BCUT2D eigenvalue weighted by Crippen LogP contribution is -2.33. The molecule has 2 aliphatic rings. The van der Waals surface area contributed by atoms with Gasteiger partial charge < -0.3 is 14.6 Å². The van der Waals surface area contributed by atoms with Crippen LogP contribution in [0.2, 0.25) is 0 Å². The molecule has 1 aliphatic carbocycles. The highest BCUT2D eigenvalue weighted by Crippen LogP contribution is 2.35. The van der Waals surface area contributed by atoms with E-state index in [1.54, 1.807) is 6.08 Å². The van der Waals surface area contributed by atoms with Crippen LogP contribution in [-0.2, 0) is 16.2 Å². The molecule has 35 heavy (non-hydrogen) atoms. The molecule has 2 fully saturated rings. The second-order valence-electron chi connectivity index (χ2n) is 8.78. The van der Waals surface area contributed by atoms with Crippen LogP contribution < -0.4 is 9.47 Å². The van der Waals surface area contributed by atoms with Gasteiger partial charge in [0.25, 0.3) is 5.91 Å². The molecule has 0 unspecified atom stereocenters. The average Bonchev–Trinajstić information content (AvgIpc) is 3.12. The van der Waals surface area contributed by atoms with Crippen LogP contribution in [0.15, 0.2) is 53.4 Å². The van der Waals surface area contributed by atoms with E-state index in [1.165, 1.54) is 32.1 Å². The molecule has 1 aliphatic heterocycles. The average molecular weight is 512 g/mol. The number of amides is 1. The molecule has 4 rings (SSSR count). The van der Waals surface area contributed by atoms with E-state index in [0.717, 1.165) is 40.1 Å². The van der Waals surface area contributed by atoms with Gasteiger partial charge in [-0.25, -0.2) is 0 Å². The van der Waals surface area contributed by atoms with E-state index in [1.807, 2.05) is 48.5 Å². The number of benzene rings is 2. The lowest BCUT2D eigenvalue weighted by atomic mass is 9.87. The second-order valence-corrected chi connectivity index (χ2v) is 10.5. The van der Waals surface area contributed by atoms with Crippen molar-refractivity contribution in [2.24, 2.45) is 5.92 Å². The number of carboxylic acid groups (broad SMARTS) is 1. The summed E-state index contributed by atoms with van der Waals surface area (Å²) in [5, 5.41) is 9.05. The Bertz CT molecular complexity index is 1100. The van der Waals surface area contributed by atoms with E-state index in [4.69, 9.17) is 26.8 Å². The molecule has 2 aromatic rings. The Labute approximate surface area is 215 Å². The van der Waals surface area contributed by atoms with Crippen molar-refractivity contribution in [3.8, 4) is 11.5 Å². The summed E-state index contributed by atoms with van der Waals surface area (Å²) in [6.45, 7) is 0.588. The Balaban J connectivity index is 1.49. The van der Waals surface area contributed by atoms with Crippen LogP contribution in [0.25, 0.3) is 6.08 Å². The summed E-state index contributed by atoms with van der Waals surface area (Å²) in [6, 6.07) is 15.5. The third kappa shape index (κ3) is 7.08. The third-order valence-electron chi connectivity index (χ3n) is 6.18. The van der Waals surface area contributed by atoms with Gasteiger partial charge in [0.05, 0.1) is 11.5 Å². The molecular weight excluding hydrogens is 482 g/mol. The van der Waals surface area contributed by atoms with E-state index in [2.05, 4.69) is 0 Å². The van der Waals surface area contributed by atoms with Gasteiger partial charge in [-0.2, -0.15) is 0 Å². The van der Waals surface area contributed by atoms with Gasteiger partial charge in [0, 0.05) is 0 Å². The Morgan fingerprint density at radius 2 is 1.86 bits per heavy atom. The first-order chi connectivity index (χ1) is 17.0. The Hall–Kier alpha value is -2.84. The number of ether oxygens (including phenoxy) is 2. The lowest BCUT2D eigenvalue weighted by molar-refractivity contribution is -0.140. The van der Waals surface area contributed by atoms with Gasteiger partial charge in [-0.05, 0) is 41.7 Å². The summed E-state index contributed by atoms with van der Waals surface area (Å²) in [6.07, 6.45) is 9.26. The summed E-state index contributed by atoms with van der Waals surface area (Å²) < 4.78 is 12.5. The molecule has 2 aromatic carbocycles. The Morgan fingerprint density at radius 1 is 1.09 bits per heavy atom. The van der Waals surface area contributed by atoms with Gasteiger partial charge in [-0.3, -0.25) is 14.5 Å². The maximum atomic E-state index is 12.6. The minimum absolute atomic E-state index is 0.242. The molecular formula is C27H29NO5S2.